The molecule has 0 fully saturated rings. The number of ether oxygens (including phenoxy) is 2. The van der Waals surface area contributed by atoms with Crippen LogP contribution in [-0.4, -0.2) is 42.7 Å². The fourth-order valence-electron chi connectivity index (χ4n) is 3.65. The van der Waals surface area contributed by atoms with E-state index in [4.69, 9.17) is 15.2 Å². The van der Waals surface area contributed by atoms with Crippen LogP contribution in [0.4, 0.5) is 5.82 Å². The van der Waals surface area contributed by atoms with Gasteiger partial charge in [0.2, 0.25) is 6.79 Å². The van der Waals surface area contributed by atoms with Crippen LogP contribution < -0.4 is 25.8 Å². The van der Waals surface area contributed by atoms with Crippen LogP contribution in [0.1, 0.15) is 23.2 Å². The number of para-hydroxylation sites is 1. The molecule has 4 rings (SSSR count). The Morgan fingerprint density at radius 3 is 2.65 bits per heavy atom. The number of benzene rings is 2. The SMILES string of the molecule is CN=C(NCCCc1nn(-c2ccccc2)c(N)c1C#N)NCCc1ccc2c(c1)OCO2.I. The Labute approximate surface area is 216 Å². The van der Waals surface area contributed by atoms with Crippen molar-refractivity contribution in [1.82, 2.24) is 20.4 Å². The molecule has 0 bridgehead atoms. The monoisotopic (exact) mass is 573 g/mol. The number of nitriles is 1. The summed E-state index contributed by atoms with van der Waals surface area (Å²) < 4.78 is 12.4. The number of halogens is 1. The highest BCUT2D eigenvalue weighted by Gasteiger charge is 2.16. The van der Waals surface area contributed by atoms with Gasteiger partial charge in [-0.3, -0.25) is 4.99 Å². The number of hydrogen-bond donors (Lipinski definition) is 3. The molecule has 1 aliphatic heterocycles. The van der Waals surface area contributed by atoms with Gasteiger partial charge in [-0.15, -0.1) is 24.0 Å². The summed E-state index contributed by atoms with van der Waals surface area (Å²) in [5.41, 5.74) is 9.31. The first kappa shape index (κ1) is 25.2. The van der Waals surface area contributed by atoms with Gasteiger partial charge >= 0.3 is 0 Å². The molecule has 0 radical (unpaired) electrons. The van der Waals surface area contributed by atoms with Crippen LogP contribution in [-0.2, 0) is 12.8 Å². The van der Waals surface area contributed by atoms with Crippen molar-refractivity contribution in [3.05, 3.63) is 65.4 Å². The maximum Gasteiger partial charge on any atom is 0.231 e. The van der Waals surface area contributed by atoms with Gasteiger partial charge in [-0.1, -0.05) is 24.3 Å². The number of aliphatic imine (C=N–C) groups is 1. The number of hydrogen-bond acceptors (Lipinski definition) is 6. The van der Waals surface area contributed by atoms with E-state index in [0.717, 1.165) is 48.1 Å². The number of nitrogen functional groups attached to an aromatic ring is 1. The van der Waals surface area contributed by atoms with E-state index >= 15 is 0 Å². The molecule has 0 atom stereocenters. The third-order valence-corrected chi connectivity index (χ3v) is 5.36. The van der Waals surface area contributed by atoms with Crippen LogP contribution in [0.3, 0.4) is 0 Å². The standard InChI is InChI=1S/C24H27N7O2.HI/c1-27-24(29-13-11-17-9-10-21-22(14-17)33-16-32-21)28-12-5-8-20-19(15-25)23(26)31(30-20)18-6-3-2-4-7-18;/h2-4,6-7,9-10,14H,5,8,11-13,16,26H2,1H3,(H2,27,28,29);1H. The first-order valence-corrected chi connectivity index (χ1v) is 10.9. The lowest BCUT2D eigenvalue weighted by Gasteiger charge is -2.12. The number of aromatic nitrogens is 2. The molecule has 34 heavy (non-hydrogen) atoms. The van der Waals surface area contributed by atoms with Crippen LogP contribution in [0.5, 0.6) is 11.5 Å². The molecule has 3 aromatic rings. The summed E-state index contributed by atoms with van der Waals surface area (Å²) in [6.07, 6.45) is 2.25. The largest absolute Gasteiger partial charge is 0.454 e. The molecule has 1 aliphatic rings. The highest BCUT2D eigenvalue weighted by atomic mass is 127. The van der Waals surface area contributed by atoms with Crippen molar-refractivity contribution in [2.75, 3.05) is 32.7 Å². The lowest BCUT2D eigenvalue weighted by molar-refractivity contribution is 0.174. The molecule has 178 valence electrons. The summed E-state index contributed by atoms with van der Waals surface area (Å²) in [7, 11) is 1.74. The van der Waals surface area contributed by atoms with Gasteiger partial charge in [0.05, 0.1) is 11.4 Å². The number of nitrogens with one attached hydrogen (secondary N) is 2. The number of rotatable bonds is 8. The zero-order valence-corrected chi connectivity index (χ0v) is 21.3. The number of nitrogens with two attached hydrogens (primary N) is 1. The van der Waals surface area contributed by atoms with E-state index < -0.39 is 0 Å². The Bertz CT molecular complexity index is 1170. The van der Waals surface area contributed by atoms with Crippen molar-refractivity contribution in [3.63, 3.8) is 0 Å². The third kappa shape index (κ3) is 5.91. The molecule has 0 unspecified atom stereocenters. The molecule has 9 nitrogen and oxygen atoms in total. The van der Waals surface area contributed by atoms with Crippen LogP contribution >= 0.6 is 24.0 Å². The van der Waals surface area contributed by atoms with Crippen molar-refractivity contribution in [2.24, 2.45) is 4.99 Å². The minimum Gasteiger partial charge on any atom is -0.454 e. The predicted molar refractivity (Wildman–Crippen MR) is 142 cm³/mol. The zero-order chi connectivity index (χ0) is 23.0. The summed E-state index contributed by atoms with van der Waals surface area (Å²) in [6, 6.07) is 17.8. The van der Waals surface area contributed by atoms with Crippen molar-refractivity contribution >= 4 is 35.8 Å². The highest BCUT2D eigenvalue weighted by Crippen LogP contribution is 2.32. The number of anilines is 1. The minimum absolute atomic E-state index is 0. The van der Waals surface area contributed by atoms with Gasteiger partial charge in [0.25, 0.3) is 0 Å². The van der Waals surface area contributed by atoms with Crippen LogP contribution in [0.2, 0.25) is 0 Å². The summed E-state index contributed by atoms with van der Waals surface area (Å²) in [5.74, 6) is 2.68. The lowest BCUT2D eigenvalue weighted by atomic mass is 10.1. The molecule has 0 amide bonds. The van der Waals surface area contributed by atoms with Crippen molar-refractivity contribution in [2.45, 2.75) is 19.3 Å². The minimum atomic E-state index is 0. The second kappa shape index (κ2) is 12.1. The number of aryl methyl sites for hydroxylation is 1. The van der Waals surface area contributed by atoms with Gasteiger partial charge in [-0.2, -0.15) is 10.4 Å². The summed E-state index contributed by atoms with van der Waals surface area (Å²) >= 11 is 0. The van der Waals surface area contributed by atoms with Crippen LogP contribution in [0, 0.1) is 11.3 Å². The van der Waals surface area contributed by atoms with Crippen LogP contribution in [0.15, 0.2) is 53.5 Å². The quantitative estimate of drug-likeness (QED) is 0.164. The Balaban J connectivity index is 0.00000324. The fourth-order valence-corrected chi connectivity index (χ4v) is 3.65. The smallest absolute Gasteiger partial charge is 0.231 e. The first-order valence-electron chi connectivity index (χ1n) is 10.9. The van der Waals surface area contributed by atoms with Gasteiger partial charge < -0.3 is 25.8 Å². The van der Waals surface area contributed by atoms with E-state index in [0.29, 0.717) is 30.0 Å². The maximum absolute atomic E-state index is 9.54. The predicted octanol–water partition coefficient (Wildman–Crippen LogP) is 3.01. The molecule has 0 aliphatic carbocycles. The molecule has 2 aromatic carbocycles. The number of guanidine groups is 1. The Morgan fingerprint density at radius 2 is 1.88 bits per heavy atom. The van der Waals surface area contributed by atoms with Gasteiger partial charge in [0.1, 0.15) is 17.5 Å². The molecule has 0 saturated carbocycles. The van der Waals surface area contributed by atoms with E-state index in [-0.39, 0.29) is 30.8 Å². The molecule has 4 N–H and O–H groups in total. The van der Waals surface area contributed by atoms with Gasteiger partial charge in [-0.25, -0.2) is 4.68 Å². The van der Waals surface area contributed by atoms with Gasteiger partial charge in [0.15, 0.2) is 17.5 Å². The molecular formula is C24H28IN7O2. The van der Waals surface area contributed by atoms with Gasteiger partial charge in [-0.05, 0) is 49.1 Å². The highest BCUT2D eigenvalue weighted by molar-refractivity contribution is 14.0. The van der Waals surface area contributed by atoms with Crippen LogP contribution in [0.25, 0.3) is 5.69 Å². The Hall–Kier alpha value is -3.46. The normalized spacial score (nSPS) is 12.1. The van der Waals surface area contributed by atoms with Gasteiger partial charge in [0, 0.05) is 20.1 Å². The third-order valence-electron chi connectivity index (χ3n) is 5.36. The molecule has 1 aromatic heterocycles. The second-order valence-corrected chi connectivity index (χ2v) is 7.53. The van der Waals surface area contributed by atoms with E-state index in [2.05, 4.69) is 26.8 Å². The summed E-state index contributed by atoms with van der Waals surface area (Å²) in [4.78, 5) is 4.27. The average molecular weight is 573 g/mol. The molecule has 0 saturated heterocycles. The maximum atomic E-state index is 9.54. The number of fused-ring (bicyclic) bond motifs is 1. The molecule has 10 heteroatoms. The fraction of sp³-hybridized carbons (Fsp3) is 0.292. The first-order chi connectivity index (χ1) is 16.2. The summed E-state index contributed by atoms with van der Waals surface area (Å²) in [6.45, 7) is 1.70. The second-order valence-electron chi connectivity index (χ2n) is 7.53. The Kier molecular flexibility index (Phi) is 8.98. The Morgan fingerprint density at radius 1 is 1.12 bits per heavy atom. The van der Waals surface area contributed by atoms with E-state index in [1.165, 1.54) is 0 Å². The average Bonchev–Trinajstić information content (AvgIpc) is 3.44. The topological polar surface area (TPSA) is 123 Å². The van der Waals surface area contributed by atoms with Crippen molar-refractivity contribution in [1.29, 1.82) is 5.26 Å². The summed E-state index contributed by atoms with van der Waals surface area (Å²) in [5, 5.41) is 20.7. The van der Waals surface area contributed by atoms with E-state index in [9.17, 15) is 5.26 Å². The van der Waals surface area contributed by atoms with Crippen molar-refractivity contribution in [3.8, 4) is 23.3 Å². The molecule has 2 heterocycles. The molecular weight excluding hydrogens is 545 g/mol. The van der Waals surface area contributed by atoms with Crippen molar-refractivity contribution < 1.29 is 9.47 Å². The molecule has 0 spiro atoms. The zero-order valence-electron chi connectivity index (χ0n) is 19.0. The van der Waals surface area contributed by atoms with E-state index in [1.54, 1.807) is 11.7 Å². The number of nitrogens with zero attached hydrogens (tertiary/aromatic N) is 4. The lowest BCUT2D eigenvalue weighted by Crippen LogP contribution is -2.38. The van der Waals surface area contributed by atoms with E-state index in [1.807, 2.05) is 48.5 Å².